The molecule has 0 spiro atoms. The number of carbonyl (C=O) groups is 1. The molecule has 4 nitrogen and oxygen atoms in total. The van der Waals surface area contributed by atoms with E-state index in [0.29, 0.717) is 23.7 Å². The Labute approximate surface area is 166 Å². The highest BCUT2D eigenvalue weighted by atomic mass is 35.5. The summed E-state index contributed by atoms with van der Waals surface area (Å²) in [5.41, 5.74) is 3.21. The third-order valence-corrected chi connectivity index (χ3v) is 4.53. The number of rotatable bonds is 7. The predicted octanol–water partition coefficient (Wildman–Crippen LogP) is 4.21. The van der Waals surface area contributed by atoms with Crippen molar-refractivity contribution in [2.24, 2.45) is 0 Å². The Kier molecular flexibility index (Phi) is 7.60. The molecule has 27 heavy (non-hydrogen) atoms. The van der Waals surface area contributed by atoms with Gasteiger partial charge in [-0.2, -0.15) is 5.26 Å². The topological polar surface area (TPSA) is 47.3 Å². The Morgan fingerprint density at radius 1 is 1.15 bits per heavy atom. The molecule has 0 saturated heterocycles. The summed E-state index contributed by atoms with van der Waals surface area (Å²) in [5.74, 6) is -0.0726. The van der Waals surface area contributed by atoms with Crippen LogP contribution in [0.3, 0.4) is 0 Å². The van der Waals surface area contributed by atoms with Crippen LogP contribution in [-0.2, 0) is 11.3 Å². The Bertz CT molecular complexity index is 868. The van der Waals surface area contributed by atoms with Crippen LogP contribution in [0.25, 0.3) is 5.57 Å². The van der Waals surface area contributed by atoms with Crippen LogP contribution in [-0.4, -0.2) is 42.9 Å². The van der Waals surface area contributed by atoms with E-state index >= 15 is 0 Å². The number of carbonyl (C=O) groups excluding carboxylic acids is 1. The molecule has 0 unspecified atom stereocenters. The van der Waals surface area contributed by atoms with Gasteiger partial charge in [0.05, 0.1) is 11.6 Å². The lowest BCUT2D eigenvalue weighted by molar-refractivity contribution is -0.126. The molecule has 0 bridgehead atoms. The van der Waals surface area contributed by atoms with Gasteiger partial charge in [0, 0.05) is 30.7 Å². The van der Waals surface area contributed by atoms with Crippen LogP contribution in [0.1, 0.15) is 23.6 Å². The first-order chi connectivity index (χ1) is 12.9. The maximum atomic E-state index is 12.9. The zero-order valence-corrected chi connectivity index (χ0v) is 16.7. The Balaban J connectivity index is 2.24. The number of nitriles is 1. The van der Waals surface area contributed by atoms with Crippen LogP contribution in [0.4, 0.5) is 0 Å². The van der Waals surface area contributed by atoms with Crippen LogP contribution in [0.2, 0.25) is 5.02 Å². The predicted molar refractivity (Wildman–Crippen MR) is 110 cm³/mol. The molecule has 0 atom stereocenters. The zero-order chi connectivity index (χ0) is 19.8. The van der Waals surface area contributed by atoms with Crippen molar-refractivity contribution in [3.63, 3.8) is 0 Å². The zero-order valence-electron chi connectivity index (χ0n) is 15.9. The molecule has 0 aliphatic heterocycles. The molecule has 2 aromatic rings. The summed E-state index contributed by atoms with van der Waals surface area (Å²) in [6, 6.07) is 17.0. The minimum Gasteiger partial charge on any atom is -0.334 e. The van der Waals surface area contributed by atoms with E-state index in [1.54, 1.807) is 17.0 Å². The molecule has 140 valence electrons. The molecule has 1 amide bonds. The maximum Gasteiger partial charge on any atom is 0.247 e. The largest absolute Gasteiger partial charge is 0.334 e. The molecule has 0 heterocycles. The fourth-order valence-electron chi connectivity index (χ4n) is 2.68. The second-order valence-corrected chi connectivity index (χ2v) is 7.09. The van der Waals surface area contributed by atoms with Crippen molar-refractivity contribution in [3.8, 4) is 6.07 Å². The maximum absolute atomic E-state index is 12.9. The lowest BCUT2D eigenvalue weighted by Crippen LogP contribution is -2.35. The van der Waals surface area contributed by atoms with Crippen molar-refractivity contribution < 1.29 is 4.79 Å². The van der Waals surface area contributed by atoms with Gasteiger partial charge in [-0.25, -0.2) is 0 Å². The van der Waals surface area contributed by atoms with Gasteiger partial charge < -0.3 is 9.80 Å². The third kappa shape index (κ3) is 6.25. The van der Waals surface area contributed by atoms with E-state index in [-0.39, 0.29) is 5.91 Å². The molecule has 0 aromatic heterocycles. The van der Waals surface area contributed by atoms with E-state index in [1.807, 2.05) is 68.4 Å². The molecular weight excluding hydrogens is 358 g/mol. The Hall–Kier alpha value is -2.61. The SMILES string of the molecule is CC(=CC(=O)N(CCN(C)C)Cc1cccc(C#N)c1)c1ccccc1Cl. The average Bonchev–Trinajstić information content (AvgIpc) is 2.65. The Morgan fingerprint density at radius 3 is 2.56 bits per heavy atom. The van der Waals surface area contributed by atoms with E-state index in [0.717, 1.165) is 23.2 Å². The molecule has 0 radical (unpaired) electrons. The van der Waals surface area contributed by atoms with Crippen molar-refractivity contribution in [2.45, 2.75) is 13.5 Å². The lowest BCUT2D eigenvalue weighted by Gasteiger charge is -2.24. The second-order valence-electron chi connectivity index (χ2n) is 6.68. The van der Waals surface area contributed by atoms with Gasteiger partial charge in [-0.05, 0) is 55.9 Å². The van der Waals surface area contributed by atoms with Crippen molar-refractivity contribution in [2.75, 3.05) is 27.2 Å². The van der Waals surface area contributed by atoms with Gasteiger partial charge in [-0.15, -0.1) is 0 Å². The molecule has 0 N–H and O–H groups in total. The number of allylic oxidation sites excluding steroid dienone is 1. The number of hydrogen-bond acceptors (Lipinski definition) is 3. The number of hydrogen-bond donors (Lipinski definition) is 0. The van der Waals surface area contributed by atoms with Crippen molar-refractivity contribution in [3.05, 3.63) is 76.3 Å². The van der Waals surface area contributed by atoms with Crippen LogP contribution in [0.15, 0.2) is 54.6 Å². The van der Waals surface area contributed by atoms with Gasteiger partial charge in [0.1, 0.15) is 0 Å². The van der Waals surface area contributed by atoms with Gasteiger partial charge in [0.2, 0.25) is 5.91 Å². The van der Waals surface area contributed by atoms with E-state index in [4.69, 9.17) is 16.9 Å². The van der Waals surface area contributed by atoms with Gasteiger partial charge >= 0.3 is 0 Å². The van der Waals surface area contributed by atoms with Crippen LogP contribution in [0.5, 0.6) is 0 Å². The molecule has 0 fully saturated rings. The fourth-order valence-corrected chi connectivity index (χ4v) is 2.97. The highest BCUT2D eigenvalue weighted by Crippen LogP contribution is 2.23. The van der Waals surface area contributed by atoms with Crippen LogP contribution in [0, 0.1) is 11.3 Å². The van der Waals surface area contributed by atoms with E-state index in [2.05, 4.69) is 6.07 Å². The second kappa shape index (κ2) is 9.91. The van der Waals surface area contributed by atoms with Crippen molar-refractivity contribution in [1.29, 1.82) is 5.26 Å². The standard InChI is InChI=1S/C22H24ClN3O/c1-17(20-9-4-5-10-21(20)23)13-22(27)26(12-11-25(2)3)16-19-8-6-7-18(14-19)15-24/h4-10,13-14H,11-12,16H2,1-3H3. The van der Waals surface area contributed by atoms with Gasteiger partial charge in [-0.1, -0.05) is 41.9 Å². The summed E-state index contributed by atoms with van der Waals surface area (Å²) >= 11 is 6.24. The van der Waals surface area contributed by atoms with Gasteiger partial charge in [-0.3, -0.25) is 4.79 Å². The van der Waals surface area contributed by atoms with Crippen LogP contribution < -0.4 is 0 Å². The molecule has 0 saturated carbocycles. The number of likely N-dealkylation sites (N-methyl/N-ethyl adjacent to an activating group) is 1. The molecule has 0 aliphatic rings. The first-order valence-electron chi connectivity index (χ1n) is 8.76. The highest BCUT2D eigenvalue weighted by molar-refractivity contribution is 6.32. The van der Waals surface area contributed by atoms with Crippen molar-refractivity contribution in [1.82, 2.24) is 9.80 Å². The molecule has 2 aromatic carbocycles. The summed E-state index contributed by atoms with van der Waals surface area (Å²) in [6.45, 7) is 3.69. The number of nitrogens with zero attached hydrogens (tertiary/aromatic N) is 3. The summed E-state index contributed by atoms with van der Waals surface area (Å²) < 4.78 is 0. The fraction of sp³-hybridized carbons (Fsp3) is 0.273. The third-order valence-electron chi connectivity index (χ3n) is 4.20. The molecule has 0 aliphatic carbocycles. The van der Waals surface area contributed by atoms with E-state index in [9.17, 15) is 4.79 Å². The monoisotopic (exact) mass is 381 g/mol. The van der Waals surface area contributed by atoms with Gasteiger partial charge in [0.15, 0.2) is 0 Å². The first-order valence-corrected chi connectivity index (χ1v) is 9.14. The number of halogens is 1. The molecular formula is C22H24ClN3O. The highest BCUT2D eigenvalue weighted by Gasteiger charge is 2.14. The van der Waals surface area contributed by atoms with E-state index in [1.165, 1.54) is 0 Å². The number of benzene rings is 2. The summed E-state index contributed by atoms with van der Waals surface area (Å²) in [6.07, 6.45) is 1.63. The molecule has 5 heteroatoms. The minimum atomic E-state index is -0.0726. The van der Waals surface area contributed by atoms with Crippen molar-refractivity contribution >= 4 is 23.1 Å². The van der Waals surface area contributed by atoms with Gasteiger partial charge in [0.25, 0.3) is 0 Å². The number of amides is 1. The summed E-state index contributed by atoms with van der Waals surface area (Å²) in [7, 11) is 3.95. The normalized spacial score (nSPS) is 11.3. The van der Waals surface area contributed by atoms with Crippen LogP contribution >= 0.6 is 11.6 Å². The summed E-state index contributed by atoms with van der Waals surface area (Å²) in [5, 5.41) is 9.72. The minimum absolute atomic E-state index is 0.0726. The average molecular weight is 382 g/mol. The summed E-state index contributed by atoms with van der Waals surface area (Å²) in [4.78, 5) is 16.8. The Morgan fingerprint density at radius 2 is 1.89 bits per heavy atom. The quantitative estimate of drug-likeness (QED) is 0.675. The van der Waals surface area contributed by atoms with E-state index < -0.39 is 0 Å². The molecule has 2 rings (SSSR count). The first kappa shape index (κ1) is 20.7. The smallest absolute Gasteiger partial charge is 0.247 e. The lowest BCUT2D eigenvalue weighted by atomic mass is 10.1.